The molecular weight excluding hydrogens is 320 g/mol. The Morgan fingerprint density at radius 3 is 2.67 bits per heavy atom. The third-order valence-corrected chi connectivity index (χ3v) is 4.79. The van der Waals surface area contributed by atoms with Crippen molar-refractivity contribution >= 4 is 25.8 Å². The normalized spacial score (nSPS) is 13.3. The highest BCUT2D eigenvalue weighted by molar-refractivity contribution is 9.10. The van der Waals surface area contributed by atoms with Crippen molar-refractivity contribution < 1.29 is 18.3 Å². The quantitative estimate of drug-likeness (QED) is 0.862. The summed E-state index contributed by atoms with van der Waals surface area (Å²) in [6.45, 7) is 1.57. The molecule has 4 nitrogen and oxygen atoms in total. The van der Waals surface area contributed by atoms with Gasteiger partial charge in [0.25, 0.3) is 0 Å². The lowest BCUT2D eigenvalue weighted by molar-refractivity contribution is 0.249. The molecule has 1 atom stereocenters. The second-order valence-electron chi connectivity index (χ2n) is 4.30. The Kier molecular flexibility index (Phi) is 5.62. The predicted octanol–water partition coefficient (Wildman–Crippen LogP) is 2.00. The first kappa shape index (κ1) is 15.5. The summed E-state index contributed by atoms with van der Waals surface area (Å²) in [5.41, 5.74) is 0.622. The summed E-state index contributed by atoms with van der Waals surface area (Å²) < 4.78 is 29.9. The van der Waals surface area contributed by atoms with Gasteiger partial charge in [0, 0.05) is 16.6 Å². The highest BCUT2D eigenvalue weighted by Gasteiger charge is 2.18. The fraction of sp³-hybridized carbons (Fsp3) is 0.500. The summed E-state index contributed by atoms with van der Waals surface area (Å²) in [6, 6.07) is 5.26. The van der Waals surface area contributed by atoms with Crippen LogP contribution in [0.2, 0.25) is 0 Å². The van der Waals surface area contributed by atoms with E-state index >= 15 is 0 Å². The molecule has 0 amide bonds. The molecule has 1 aromatic rings. The summed E-state index contributed by atoms with van der Waals surface area (Å²) in [4.78, 5) is 0. The molecule has 0 saturated heterocycles. The second-order valence-corrected chi connectivity index (χ2v) is 7.32. The zero-order valence-electron chi connectivity index (χ0n) is 10.4. The maximum absolute atomic E-state index is 12.0. The standard InChI is InChI=1S/C12H17BrO4S/c1-9(6-14)7-18(15,16)8-10-5-11(13)3-4-12(10)17-2/h3-5,9,14H,6-8H2,1-2H3/t9-/m0/s1. The van der Waals surface area contributed by atoms with Gasteiger partial charge in [0.05, 0.1) is 18.6 Å². The fourth-order valence-corrected chi connectivity index (χ4v) is 3.84. The Bertz CT molecular complexity index is 499. The van der Waals surface area contributed by atoms with Gasteiger partial charge in [-0.05, 0) is 24.1 Å². The van der Waals surface area contributed by atoms with Gasteiger partial charge in [-0.3, -0.25) is 0 Å². The van der Waals surface area contributed by atoms with Gasteiger partial charge < -0.3 is 9.84 Å². The number of halogens is 1. The van der Waals surface area contributed by atoms with E-state index in [0.717, 1.165) is 4.47 Å². The highest BCUT2D eigenvalue weighted by Crippen LogP contribution is 2.25. The van der Waals surface area contributed by atoms with Crippen molar-refractivity contribution in [1.29, 1.82) is 0 Å². The van der Waals surface area contributed by atoms with Gasteiger partial charge in [-0.25, -0.2) is 8.42 Å². The maximum atomic E-state index is 12.0. The van der Waals surface area contributed by atoms with Crippen LogP contribution in [-0.4, -0.2) is 33.0 Å². The minimum absolute atomic E-state index is 0.0286. The average Bonchev–Trinajstić information content (AvgIpc) is 2.28. The van der Waals surface area contributed by atoms with E-state index in [2.05, 4.69) is 15.9 Å². The largest absolute Gasteiger partial charge is 0.496 e. The van der Waals surface area contributed by atoms with Crippen molar-refractivity contribution in [3.05, 3.63) is 28.2 Å². The molecule has 0 aliphatic heterocycles. The van der Waals surface area contributed by atoms with Gasteiger partial charge in [0.2, 0.25) is 0 Å². The molecule has 0 heterocycles. The molecule has 0 aliphatic rings. The van der Waals surface area contributed by atoms with Gasteiger partial charge in [-0.2, -0.15) is 0 Å². The van der Waals surface area contributed by atoms with E-state index in [1.807, 2.05) is 0 Å². The van der Waals surface area contributed by atoms with E-state index < -0.39 is 9.84 Å². The van der Waals surface area contributed by atoms with E-state index in [-0.39, 0.29) is 24.0 Å². The monoisotopic (exact) mass is 336 g/mol. The Morgan fingerprint density at radius 2 is 2.11 bits per heavy atom. The summed E-state index contributed by atoms with van der Waals surface area (Å²) in [7, 11) is -1.75. The number of aliphatic hydroxyl groups is 1. The third-order valence-electron chi connectivity index (χ3n) is 2.47. The van der Waals surface area contributed by atoms with E-state index in [1.54, 1.807) is 25.1 Å². The van der Waals surface area contributed by atoms with Crippen LogP contribution in [0.5, 0.6) is 5.75 Å². The van der Waals surface area contributed by atoms with Crippen molar-refractivity contribution in [2.24, 2.45) is 5.92 Å². The Labute approximate surface area is 116 Å². The molecule has 0 unspecified atom stereocenters. The number of methoxy groups -OCH3 is 1. The van der Waals surface area contributed by atoms with Crippen LogP contribution < -0.4 is 4.74 Å². The number of rotatable bonds is 6. The number of ether oxygens (including phenoxy) is 1. The number of hydrogen-bond donors (Lipinski definition) is 1. The van der Waals surface area contributed by atoms with E-state index in [0.29, 0.717) is 11.3 Å². The first-order valence-electron chi connectivity index (χ1n) is 5.51. The fourth-order valence-electron chi connectivity index (χ4n) is 1.64. The van der Waals surface area contributed by atoms with Crippen molar-refractivity contribution in [1.82, 2.24) is 0 Å². The molecule has 1 rings (SSSR count). The lowest BCUT2D eigenvalue weighted by Gasteiger charge is -2.12. The van der Waals surface area contributed by atoms with Crippen LogP contribution in [0.15, 0.2) is 22.7 Å². The minimum atomic E-state index is -3.26. The molecule has 1 N–H and O–H groups in total. The molecule has 0 radical (unpaired) electrons. The highest BCUT2D eigenvalue weighted by atomic mass is 79.9. The van der Waals surface area contributed by atoms with E-state index in [9.17, 15) is 8.42 Å². The van der Waals surface area contributed by atoms with Crippen LogP contribution in [-0.2, 0) is 15.6 Å². The number of sulfone groups is 1. The summed E-state index contributed by atoms with van der Waals surface area (Å²) in [6.07, 6.45) is 0. The van der Waals surface area contributed by atoms with E-state index in [4.69, 9.17) is 9.84 Å². The third kappa shape index (κ3) is 4.59. The number of aliphatic hydroxyl groups excluding tert-OH is 1. The molecule has 6 heteroatoms. The molecule has 0 aromatic heterocycles. The van der Waals surface area contributed by atoms with Crippen LogP contribution in [0.3, 0.4) is 0 Å². The van der Waals surface area contributed by atoms with Gasteiger partial charge >= 0.3 is 0 Å². The SMILES string of the molecule is COc1ccc(Br)cc1CS(=O)(=O)C[C@@H](C)CO. The smallest absolute Gasteiger partial charge is 0.154 e. The van der Waals surface area contributed by atoms with Crippen LogP contribution in [0, 0.1) is 5.92 Å². The first-order chi connectivity index (χ1) is 8.38. The molecule has 0 aliphatic carbocycles. The van der Waals surface area contributed by atoms with Gasteiger partial charge in [-0.1, -0.05) is 22.9 Å². The Balaban J connectivity index is 2.93. The molecule has 1 aromatic carbocycles. The van der Waals surface area contributed by atoms with Crippen LogP contribution in [0.1, 0.15) is 12.5 Å². The summed E-state index contributed by atoms with van der Waals surface area (Å²) in [5.74, 6) is 0.186. The van der Waals surface area contributed by atoms with Crippen molar-refractivity contribution in [3.8, 4) is 5.75 Å². The Morgan fingerprint density at radius 1 is 1.44 bits per heavy atom. The molecule has 0 saturated carbocycles. The van der Waals surface area contributed by atoms with Crippen molar-refractivity contribution in [2.45, 2.75) is 12.7 Å². The van der Waals surface area contributed by atoms with Gasteiger partial charge in [0.15, 0.2) is 9.84 Å². The lowest BCUT2D eigenvalue weighted by atomic mass is 10.2. The van der Waals surface area contributed by atoms with Crippen molar-refractivity contribution in [2.75, 3.05) is 19.5 Å². The second kappa shape index (κ2) is 6.54. The minimum Gasteiger partial charge on any atom is -0.496 e. The van der Waals surface area contributed by atoms with Crippen LogP contribution >= 0.6 is 15.9 Å². The zero-order valence-corrected chi connectivity index (χ0v) is 12.8. The van der Waals surface area contributed by atoms with Crippen LogP contribution in [0.4, 0.5) is 0 Å². The zero-order chi connectivity index (χ0) is 13.8. The van der Waals surface area contributed by atoms with Crippen LogP contribution in [0.25, 0.3) is 0 Å². The molecule has 0 spiro atoms. The summed E-state index contributed by atoms with van der Waals surface area (Å²) >= 11 is 3.31. The molecule has 0 fully saturated rings. The summed E-state index contributed by atoms with van der Waals surface area (Å²) in [5, 5.41) is 8.91. The molecule has 102 valence electrons. The molecule has 18 heavy (non-hydrogen) atoms. The molecule has 0 bridgehead atoms. The van der Waals surface area contributed by atoms with Gasteiger partial charge in [0.1, 0.15) is 5.75 Å². The van der Waals surface area contributed by atoms with Crippen molar-refractivity contribution in [3.63, 3.8) is 0 Å². The average molecular weight is 337 g/mol. The Hall–Kier alpha value is -0.590. The number of hydrogen-bond acceptors (Lipinski definition) is 4. The number of benzene rings is 1. The maximum Gasteiger partial charge on any atom is 0.154 e. The topological polar surface area (TPSA) is 63.6 Å². The van der Waals surface area contributed by atoms with Gasteiger partial charge in [-0.15, -0.1) is 0 Å². The lowest BCUT2D eigenvalue weighted by Crippen LogP contribution is -2.18. The van der Waals surface area contributed by atoms with E-state index in [1.165, 1.54) is 7.11 Å². The first-order valence-corrected chi connectivity index (χ1v) is 8.13. The predicted molar refractivity (Wildman–Crippen MR) is 74.4 cm³/mol. The molecular formula is C12H17BrO4S.